The van der Waals surface area contributed by atoms with Crippen molar-refractivity contribution in [1.29, 1.82) is 15.8 Å². The molecule has 25 aromatic rings. The van der Waals surface area contributed by atoms with E-state index in [0.29, 0.717) is 5.56 Å². The van der Waals surface area contributed by atoms with Gasteiger partial charge in [0.15, 0.2) is 34.9 Å². The van der Waals surface area contributed by atoms with Crippen molar-refractivity contribution < 1.29 is 31.1 Å². The molecule has 7 heterocycles. The van der Waals surface area contributed by atoms with E-state index in [1.54, 1.807) is 9.13 Å². The summed E-state index contributed by atoms with van der Waals surface area (Å²) in [5.74, 6) is -8.08. The Morgan fingerprint density at radius 2 is 0.401 bits per heavy atom. The van der Waals surface area contributed by atoms with Gasteiger partial charge in [0.1, 0.15) is 46.3 Å². The fraction of sp³-hybridized carbons (Fsp3) is 0.0331. The van der Waals surface area contributed by atoms with Crippen LogP contribution in [0.25, 0.3) is 209 Å². The number of hydrogen-bond donors (Lipinski definition) is 0. The van der Waals surface area contributed by atoms with Gasteiger partial charge in [-0.05, 0) is 160 Å². The molecular weight excluding hydrogens is 1710 g/mol. The maximum Gasteiger partial charge on any atom is 0.179 e. The molecule has 1 fully saturated rings. The standard InChI is InChI=1S/C79H49N5.C31H17F2N3.C7HF4N.C4H8O/c80-50-67-78(83-68-33-17-13-29-59(68)60-30-14-18-34-69(60)83)76(81-72-41-37-55(51-21-5-1-6-22-51)45-63(72)64-46-56(38-42-73(64)81)52-23-7-2-8-24-52)49-77(79(67)84-70-35-19-15-31-61(70)62-32-16-20-36-71(62)84)82-74-43-39-57(53-25-9-3-10-26-53)47-65(74)66-48-58(40-44-75(66)82)54-27-11-4-12-28-54;32-24-17-25(33)31(36-28-15-7-3-11-21(28)22-12-4-8-16-29(22)36)23(18-34)30(24)35-26-13-5-1-9-19(26)20-10-2-6-14-27(20)35;8-4-1-5(9)7(11)3(2-12)6(4)10;1-2-4-5-3-1/h1-49H;1-17H;1H;1-4H2. The average Bonchev–Trinajstić information content (AvgIpc) is 1.54. The fourth-order valence-electron chi connectivity index (χ4n) is 20.3. The Morgan fingerprint density at radius 3 is 0.635 bits per heavy atom. The number of fused-ring (bicyclic) bond motifs is 18. The summed E-state index contributed by atoms with van der Waals surface area (Å²) in [6.45, 7) is 2.00. The molecule has 0 amide bonds. The van der Waals surface area contributed by atoms with E-state index in [1.165, 1.54) is 12.8 Å². The lowest BCUT2D eigenvalue weighted by atomic mass is 10.0. The van der Waals surface area contributed by atoms with Crippen LogP contribution in [0.4, 0.5) is 26.3 Å². The zero-order valence-electron chi connectivity index (χ0n) is 73.2. The van der Waals surface area contributed by atoms with Gasteiger partial charge in [-0.25, -0.2) is 26.3 Å². The molecule has 1 aliphatic rings. The van der Waals surface area contributed by atoms with Gasteiger partial charge in [0.2, 0.25) is 0 Å². The summed E-state index contributed by atoms with van der Waals surface area (Å²) >= 11 is 0. The molecule has 1 aliphatic heterocycles. The number of benzene rings is 19. The predicted molar refractivity (Wildman–Crippen MR) is 541 cm³/mol. The average molecular weight is 1780 g/mol. The van der Waals surface area contributed by atoms with Gasteiger partial charge in [-0.3, -0.25) is 0 Å². The van der Waals surface area contributed by atoms with Crippen molar-refractivity contribution in [3.63, 3.8) is 0 Å². The molecule has 0 radical (unpaired) electrons. The molecule has 0 spiro atoms. The molecular formula is C121H75F6N9O. The Kier molecular flexibility index (Phi) is 21.1. The molecule has 26 rings (SSSR count). The minimum Gasteiger partial charge on any atom is -0.381 e. The first-order chi connectivity index (χ1) is 67.4. The first-order valence-electron chi connectivity index (χ1n) is 45.1. The van der Waals surface area contributed by atoms with Crippen LogP contribution in [0.1, 0.15) is 29.5 Å². The van der Waals surface area contributed by atoms with Gasteiger partial charge in [0.05, 0.1) is 88.9 Å². The number of rotatable bonds is 10. The van der Waals surface area contributed by atoms with Gasteiger partial charge < -0.3 is 32.1 Å². The summed E-state index contributed by atoms with van der Waals surface area (Å²) in [5.41, 5.74) is 22.8. The van der Waals surface area contributed by atoms with Gasteiger partial charge in [0, 0.05) is 90.0 Å². The van der Waals surface area contributed by atoms with Gasteiger partial charge >= 0.3 is 0 Å². The van der Waals surface area contributed by atoms with E-state index >= 15 is 8.78 Å². The van der Waals surface area contributed by atoms with E-state index in [-0.39, 0.29) is 23.0 Å². The maximum absolute atomic E-state index is 15.7. The van der Waals surface area contributed by atoms with Gasteiger partial charge in [0.25, 0.3) is 0 Å². The lowest BCUT2D eigenvalue weighted by molar-refractivity contribution is 0.198. The monoisotopic (exact) mass is 1780 g/mol. The lowest BCUT2D eigenvalue weighted by Crippen LogP contribution is -2.13. The van der Waals surface area contributed by atoms with Crippen LogP contribution in [0.15, 0.2) is 406 Å². The fourth-order valence-corrected chi connectivity index (χ4v) is 20.3. The largest absolute Gasteiger partial charge is 0.381 e. The van der Waals surface area contributed by atoms with Crippen molar-refractivity contribution in [2.75, 3.05) is 13.2 Å². The third-order valence-electron chi connectivity index (χ3n) is 26.3. The molecule has 16 heteroatoms. The van der Waals surface area contributed by atoms with E-state index < -0.39 is 40.5 Å². The highest BCUT2D eigenvalue weighted by molar-refractivity contribution is 6.18. The summed E-state index contributed by atoms with van der Waals surface area (Å²) in [6.07, 6.45) is 2.56. The topological polar surface area (TPSA) is 110 Å². The van der Waals surface area contributed by atoms with E-state index in [1.807, 2.05) is 97.1 Å². The van der Waals surface area contributed by atoms with Crippen LogP contribution in [-0.4, -0.2) is 40.6 Å². The second-order valence-corrected chi connectivity index (χ2v) is 33.9. The quantitative estimate of drug-likeness (QED) is 0.100. The summed E-state index contributed by atoms with van der Waals surface area (Å²) in [7, 11) is 0. The SMILES string of the molecule is C1CCOC1.N#Cc1c(-n2c3ccccc3c3ccccc32)c(-n2c3ccc(-c4ccccc4)cc3c3cc(-c4ccccc4)ccc32)cc(-n2c3ccc(-c4ccccc4)cc3c3cc(-c4ccccc4)ccc32)c1-n1c2ccccc2c2ccccc21.N#Cc1c(-n2c3ccccc3c3ccccc32)c(F)cc(F)c1-n1c2ccccc2c2ccccc21.N#Cc1c(F)c(F)cc(F)c1F. The van der Waals surface area contributed by atoms with Crippen LogP contribution < -0.4 is 0 Å². The van der Waals surface area contributed by atoms with Crippen molar-refractivity contribution in [2.24, 2.45) is 0 Å². The molecule has 0 unspecified atom stereocenters. The van der Waals surface area contributed by atoms with Crippen molar-refractivity contribution in [3.8, 4) is 96.8 Å². The number of ether oxygens (including phenoxy) is 1. The summed E-state index contributed by atoms with van der Waals surface area (Å²) in [6, 6.07) is 145. The van der Waals surface area contributed by atoms with Crippen LogP contribution in [-0.2, 0) is 4.74 Å². The van der Waals surface area contributed by atoms with Crippen molar-refractivity contribution >= 4 is 131 Å². The third kappa shape index (κ3) is 14.0. The highest BCUT2D eigenvalue weighted by Gasteiger charge is 2.33. The third-order valence-corrected chi connectivity index (χ3v) is 26.3. The lowest BCUT2D eigenvalue weighted by Gasteiger charge is -2.25. The van der Waals surface area contributed by atoms with Crippen LogP contribution in [0.2, 0.25) is 0 Å². The van der Waals surface area contributed by atoms with Crippen LogP contribution >= 0.6 is 0 Å². The van der Waals surface area contributed by atoms with E-state index in [0.717, 1.165) is 223 Å². The zero-order valence-corrected chi connectivity index (χ0v) is 73.2. The number of para-hydroxylation sites is 8. The second kappa shape index (κ2) is 34.6. The Morgan fingerprint density at radius 1 is 0.190 bits per heavy atom. The minimum absolute atomic E-state index is 0.0353. The molecule has 137 heavy (non-hydrogen) atoms. The highest BCUT2D eigenvalue weighted by Crippen LogP contribution is 2.50. The van der Waals surface area contributed by atoms with Crippen LogP contribution in [0, 0.1) is 68.9 Å². The molecule has 0 saturated carbocycles. The Labute approximate surface area is 781 Å². The van der Waals surface area contributed by atoms with Crippen molar-refractivity contribution in [3.05, 3.63) is 458 Å². The van der Waals surface area contributed by atoms with Crippen molar-refractivity contribution in [1.82, 2.24) is 27.4 Å². The molecule has 0 N–H and O–H groups in total. The minimum atomic E-state index is -1.67. The smallest absolute Gasteiger partial charge is 0.179 e. The van der Waals surface area contributed by atoms with Gasteiger partial charge in [-0.1, -0.05) is 291 Å². The number of halogens is 6. The number of aromatic nitrogens is 6. The zero-order chi connectivity index (χ0) is 92.6. The highest BCUT2D eigenvalue weighted by atomic mass is 19.2. The number of nitrogens with zero attached hydrogens (tertiary/aromatic N) is 9. The van der Waals surface area contributed by atoms with Crippen LogP contribution in [0.3, 0.4) is 0 Å². The molecule has 0 aliphatic carbocycles. The maximum atomic E-state index is 15.7. The second-order valence-electron chi connectivity index (χ2n) is 33.9. The predicted octanol–water partition coefficient (Wildman–Crippen LogP) is 31.6. The molecule has 0 bridgehead atoms. The first-order valence-corrected chi connectivity index (χ1v) is 45.1. The van der Waals surface area contributed by atoms with Gasteiger partial charge in [-0.2, -0.15) is 15.8 Å². The summed E-state index contributed by atoms with van der Waals surface area (Å²) < 4.78 is 99.0. The molecule has 1 saturated heterocycles. The Bertz CT molecular complexity index is 8410. The van der Waals surface area contributed by atoms with Crippen LogP contribution in [0.5, 0.6) is 0 Å². The van der Waals surface area contributed by atoms with Crippen molar-refractivity contribution in [2.45, 2.75) is 12.8 Å². The number of nitriles is 3. The Hall–Kier alpha value is -18.0. The van der Waals surface area contributed by atoms with Gasteiger partial charge in [-0.15, -0.1) is 0 Å². The normalized spacial score (nSPS) is 12.0. The summed E-state index contributed by atoms with van der Waals surface area (Å²) in [4.78, 5) is 0. The Balaban J connectivity index is 0.000000161. The van der Waals surface area contributed by atoms with E-state index in [2.05, 4.69) is 328 Å². The van der Waals surface area contributed by atoms with E-state index in [9.17, 15) is 28.1 Å². The molecule has 6 aromatic heterocycles. The first kappa shape index (κ1) is 83.3. The molecule has 652 valence electrons. The molecule has 10 nitrogen and oxygen atoms in total. The molecule has 0 atom stereocenters. The molecule has 19 aromatic carbocycles. The number of hydrogen-bond acceptors (Lipinski definition) is 4. The summed E-state index contributed by atoms with van der Waals surface area (Å²) in [5, 5.41) is 44.0. The van der Waals surface area contributed by atoms with E-state index in [4.69, 9.17) is 10.00 Å².